The van der Waals surface area contributed by atoms with E-state index < -0.39 is 18.0 Å². The van der Waals surface area contributed by atoms with E-state index in [2.05, 4.69) is 9.47 Å². The highest BCUT2D eigenvalue weighted by Gasteiger charge is 2.26. The summed E-state index contributed by atoms with van der Waals surface area (Å²) >= 11 is 0. The maximum Gasteiger partial charge on any atom is 0.516 e. The fourth-order valence-electron chi connectivity index (χ4n) is 3.68. The summed E-state index contributed by atoms with van der Waals surface area (Å²) in [4.78, 5) is 56.6. The van der Waals surface area contributed by atoms with E-state index in [0.29, 0.717) is 47.9 Å². The van der Waals surface area contributed by atoms with Gasteiger partial charge in [0.15, 0.2) is 11.6 Å². The predicted octanol–water partition coefficient (Wildman–Crippen LogP) is 3.04. The summed E-state index contributed by atoms with van der Waals surface area (Å²) in [5, 5.41) is 0. The molecule has 0 saturated heterocycles. The van der Waals surface area contributed by atoms with Gasteiger partial charge in [0.2, 0.25) is 5.91 Å². The van der Waals surface area contributed by atoms with Crippen molar-refractivity contribution in [1.82, 2.24) is 0 Å². The number of ketones is 2. The number of hydrogen-bond donors (Lipinski definition) is 1. The van der Waals surface area contributed by atoms with Crippen LogP contribution in [-0.4, -0.2) is 36.2 Å². The van der Waals surface area contributed by atoms with E-state index in [1.54, 1.807) is 43.3 Å². The number of hydrogen-bond acceptors (Lipinski definition) is 7. The zero-order valence-corrected chi connectivity index (χ0v) is 16.9. The van der Waals surface area contributed by atoms with Crippen molar-refractivity contribution in [2.75, 3.05) is 6.61 Å². The van der Waals surface area contributed by atoms with Crippen LogP contribution in [0.4, 0.5) is 4.79 Å². The van der Waals surface area contributed by atoms with Crippen molar-refractivity contribution in [3.8, 4) is 0 Å². The van der Waals surface area contributed by atoms with E-state index in [1.807, 2.05) is 0 Å². The van der Waals surface area contributed by atoms with Crippen LogP contribution in [-0.2, 0) is 22.3 Å². The highest BCUT2D eigenvalue weighted by Crippen LogP contribution is 2.26. The number of fused-ring (bicyclic) bond motifs is 2. The minimum absolute atomic E-state index is 0.00999. The number of amides is 1. The van der Waals surface area contributed by atoms with Crippen LogP contribution in [0.5, 0.6) is 0 Å². The SMILES string of the molecule is CCOC(=O)OC(=O)c1cccc2c1CCC2=O.NC(=O)c1cccc2c1CCC2=O. The molecule has 0 bridgehead atoms. The van der Waals surface area contributed by atoms with E-state index in [0.717, 1.165) is 5.56 Å². The zero-order chi connectivity index (χ0) is 22.5. The molecule has 2 N–H and O–H groups in total. The first-order chi connectivity index (χ1) is 14.8. The molecular weight excluding hydrogens is 402 g/mol. The standard InChI is InChI=1S/C13H12O5.C10H9NO2/c1-2-17-13(16)18-12(15)10-5-3-4-9-8(10)6-7-11(9)14;11-10(13)8-3-1-2-7-6(8)4-5-9(7)12/h3-5H,2,6-7H2,1H3;1-3H,4-5H2,(H2,11,13). The minimum Gasteiger partial charge on any atom is -0.434 e. The predicted molar refractivity (Wildman–Crippen MR) is 109 cm³/mol. The van der Waals surface area contributed by atoms with Gasteiger partial charge in [0.25, 0.3) is 0 Å². The molecule has 0 unspecified atom stereocenters. The molecule has 31 heavy (non-hydrogen) atoms. The van der Waals surface area contributed by atoms with Gasteiger partial charge in [-0.1, -0.05) is 24.3 Å². The lowest BCUT2D eigenvalue weighted by Gasteiger charge is -2.06. The molecule has 8 nitrogen and oxygen atoms in total. The highest BCUT2D eigenvalue weighted by atomic mass is 16.7. The number of nitrogens with two attached hydrogens (primary N) is 1. The van der Waals surface area contributed by atoms with Crippen LogP contribution in [0, 0.1) is 0 Å². The second-order valence-electron chi connectivity index (χ2n) is 6.95. The van der Waals surface area contributed by atoms with Gasteiger partial charge >= 0.3 is 12.1 Å². The minimum atomic E-state index is -1.02. The van der Waals surface area contributed by atoms with Crippen LogP contribution in [0.1, 0.15) is 72.3 Å². The second kappa shape index (κ2) is 9.34. The molecule has 4 rings (SSSR count). The van der Waals surface area contributed by atoms with Gasteiger partial charge in [-0.05, 0) is 43.0 Å². The summed E-state index contributed by atoms with van der Waals surface area (Å²) in [6.45, 7) is 1.75. The average molecular weight is 423 g/mol. The normalized spacial score (nSPS) is 13.6. The summed E-state index contributed by atoms with van der Waals surface area (Å²) in [5.74, 6) is -1.11. The maximum absolute atomic E-state index is 11.8. The Labute approximate surface area is 178 Å². The molecule has 8 heteroatoms. The van der Waals surface area contributed by atoms with Crippen LogP contribution < -0.4 is 5.73 Å². The average Bonchev–Trinajstić information content (AvgIpc) is 3.31. The lowest BCUT2D eigenvalue weighted by atomic mass is 10.0. The van der Waals surface area contributed by atoms with Crippen molar-refractivity contribution in [1.29, 1.82) is 0 Å². The first-order valence-electron chi connectivity index (χ1n) is 9.82. The number of rotatable bonds is 3. The third-order valence-electron chi connectivity index (χ3n) is 5.08. The lowest BCUT2D eigenvalue weighted by Crippen LogP contribution is -2.15. The Hall–Kier alpha value is -3.81. The fourth-order valence-corrected chi connectivity index (χ4v) is 3.68. The molecule has 0 atom stereocenters. The molecule has 0 fully saturated rings. The van der Waals surface area contributed by atoms with Gasteiger partial charge in [0.1, 0.15) is 0 Å². The topological polar surface area (TPSA) is 130 Å². The number of carbonyl (C=O) groups is 5. The Morgan fingerprint density at radius 3 is 1.87 bits per heavy atom. The lowest BCUT2D eigenvalue weighted by molar-refractivity contribution is 0.0400. The summed E-state index contributed by atoms with van der Waals surface area (Å²) in [6.07, 6.45) is 1.01. The van der Waals surface area contributed by atoms with Gasteiger partial charge in [0.05, 0.1) is 12.2 Å². The largest absolute Gasteiger partial charge is 0.516 e. The van der Waals surface area contributed by atoms with Crippen molar-refractivity contribution < 1.29 is 33.4 Å². The van der Waals surface area contributed by atoms with Crippen molar-refractivity contribution >= 4 is 29.6 Å². The monoisotopic (exact) mass is 423 g/mol. The molecule has 0 saturated carbocycles. The van der Waals surface area contributed by atoms with Gasteiger partial charge in [0, 0.05) is 29.5 Å². The maximum atomic E-state index is 11.8. The van der Waals surface area contributed by atoms with Crippen molar-refractivity contribution in [3.63, 3.8) is 0 Å². The Kier molecular flexibility index (Phi) is 6.59. The number of benzene rings is 2. The Morgan fingerprint density at radius 2 is 1.35 bits per heavy atom. The number of esters is 1. The van der Waals surface area contributed by atoms with E-state index in [1.165, 1.54) is 0 Å². The van der Waals surface area contributed by atoms with Crippen LogP contribution >= 0.6 is 0 Å². The van der Waals surface area contributed by atoms with Crippen LogP contribution in [0.2, 0.25) is 0 Å². The number of primary amides is 1. The molecule has 0 heterocycles. The Morgan fingerprint density at radius 1 is 0.839 bits per heavy atom. The second-order valence-corrected chi connectivity index (χ2v) is 6.95. The number of Topliss-reactive ketones (excluding diaryl/α,β-unsaturated/α-hetero) is 2. The third kappa shape index (κ3) is 4.69. The van der Waals surface area contributed by atoms with E-state index in [-0.39, 0.29) is 23.7 Å². The quantitative estimate of drug-likeness (QED) is 0.593. The molecule has 0 aliphatic heterocycles. The van der Waals surface area contributed by atoms with Crippen molar-refractivity contribution in [3.05, 3.63) is 69.8 Å². The molecular formula is C23H21NO7. The first-order valence-corrected chi connectivity index (χ1v) is 9.82. The summed E-state index contributed by atoms with van der Waals surface area (Å²) in [6, 6.07) is 9.92. The summed E-state index contributed by atoms with van der Waals surface area (Å²) < 4.78 is 9.05. The zero-order valence-electron chi connectivity index (χ0n) is 16.9. The summed E-state index contributed by atoms with van der Waals surface area (Å²) in [5.41, 5.74) is 8.60. The molecule has 160 valence electrons. The van der Waals surface area contributed by atoms with E-state index in [4.69, 9.17) is 5.73 Å². The van der Waals surface area contributed by atoms with Crippen molar-refractivity contribution in [2.24, 2.45) is 5.73 Å². The Balaban J connectivity index is 0.000000185. The third-order valence-corrected chi connectivity index (χ3v) is 5.08. The van der Waals surface area contributed by atoms with Crippen molar-refractivity contribution in [2.45, 2.75) is 32.6 Å². The molecule has 0 aromatic heterocycles. The fraction of sp³-hybridized carbons (Fsp3) is 0.261. The van der Waals surface area contributed by atoms with Gasteiger partial charge in [-0.3, -0.25) is 14.4 Å². The molecule has 2 aliphatic carbocycles. The van der Waals surface area contributed by atoms with Crippen LogP contribution in [0.15, 0.2) is 36.4 Å². The molecule has 2 aromatic rings. The number of ether oxygens (including phenoxy) is 2. The van der Waals surface area contributed by atoms with Crippen LogP contribution in [0.25, 0.3) is 0 Å². The molecule has 2 aromatic carbocycles. The molecule has 2 aliphatic rings. The summed E-state index contributed by atoms with van der Waals surface area (Å²) in [7, 11) is 0. The molecule has 1 amide bonds. The van der Waals surface area contributed by atoms with Gasteiger partial charge in [-0.2, -0.15) is 0 Å². The molecule has 0 spiro atoms. The first kappa shape index (κ1) is 21.9. The highest BCUT2D eigenvalue weighted by molar-refractivity contribution is 6.06. The van der Waals surface area contributed by atoms with E-state index >= 15 is 0 Å². The smallest absolute Gasteiger partial charge is 0.434 e. The van der Waals surface area contributed by atoms with Crippen LogP contribution in [0.3, 0.4) is 0 Å². The van der Waals surface area contributed by atoms with Gasteiger partial charge in [-0.15, -0.1) is 0 Å². The van der Waals surface area contributed by atoms with Gasteiger partial charge < -0.3 is 15.2 Å². The van der Waals surface area contributed by atoms with E-state index in [9.17, 15) is 24.0 Å². The van der Waals surface area contributed by atoms with Gasteiger partial charge in [-0.25, -0.2) is 9.59 Å². The molecule has 0 radical (unpaired) electrons. The Bertz CT molecular complexity index is 1090. The number of carbonyl (C=O) groups excluding carboxylic acids is 5.